The van der Waals surface area contributed by atoms with Gasteiger partial charge in [-0.2, -0.15) is 0 Å². The van der Waals surface area contributed by atoms with Gasteiger partial charge in [-0.25, -0.2) is 0 Å². The van der Waals surface area contributed by atoms with Crippen molar-refractivity contribution in [2.45, 2.75) is 52.1 Å². The minimum Gasteiger partial charge on any atom is -0.378 e. The van der Waals surface area contributed by atoms with E-state index in [4.69, 9.17) is 4.74 Å². The molecule has 1 aliphatic rings. The van der Waals surface area contributed by atoms with Crippen LogP contribution in [-0.2, 0) is 4.74 Å². The summed E-state index contributed by atoms with van der Waals surface area (Å²) >= 11 is 0. The first-order chi connectivity index (χ1) is 7.24. The fourth-order valence-corrected chi connectivity index (χ4v) is 2.35. The lowest BCUT2D eigenvalue weighted by Crippen LogP contribution is -2.22. The van der Waals surface area contributed by atoms with Gasteiger partial charge in [0.25, 0.3) is 0 Å². The molecular weight excluding hydrogens is 186 g/mol. The third-order valence-electron chi connectivity index (χ3n) is 3.71. The molecule has 1 heterocycles. The Balaban J connectivity index is 2.02. The lowest BCUT2D eigenvalue weighted by Gasteiger charge is -2.20. The molecular formula is C13H27NO. The van der Waals surface area contributed by atoms with Gasteiger partial charge in [-0.1, -0.05) is 26.7 Å². The largest absolute Gasteiger partial charge is 0.378 e. The second kappa shape index (κ2) is 7.24. The van der Waals surface area contributed by atoms with Gasteiger partial charge in [0.1, 0.15) is 0 Å². The molecule has 0 aromatic rings. The van der Waals surface area contributed by atoms with E-state index < -0.39 is 0 Å². The number of hydrogen-bond acceptors (Lipinski definition) is 2. The van der Waals surface area contributed by atoms with E-state index in [0.717, 1.165) is 25.0 Å². The molecule has 0 radical (unpaired) electrons. The monoisotopic (exact) mass is 213 g/mol. The van der Waals surface area contributed by atoms with Crippen LogP contribution in [-0.4, -0.2) is 26.3 Å². The van der Waals surface area contributed by atoms with Crippen molar-refractivity contribution in [3.8, 4) is 0 Å². The number of hydrogen-bond donors (Lipinski definition) is 1. The molecule has 2 nitrogen and oxygen atoms in total. The molecule has 0 bridgehead atoms. The highest BCUT2D eigenvalue weighted by atomic mass is 16.5. The van der Waals surface area contributed by atoms with Crippen molar-refractivity contribution in [3.63, 3.8) is 0 Å². The molecule has 0 aromatic carbocycles. The zero-order chi connectivity index (χ0) is 11.1. The van der Waals surface area contributed by atoms with Crippen molar-refractivity contribution in [1.82, 2.24) is 5.32 Å². The molecule has 0 aliphatic carbocycles. The van der Waals surface area contributed by atoms with Gasteiger partial charge in [0.05, 0.1) is 6.10 Å². The molecule has 15 heavy (non-hydrogen) atoms. The predicted octanol–water partition coefficient (Wildman–Crippen LogP) is 2.83. The van der Waals surface area contributed by atoms with Crippen LogP contribution < -0.4 is 5.32 Å². The van der Waals surface area contributed by atoms with Gasteiger partial charge in [0.2, 0.25) is 0 Å². The lowest BCUT2D eigenvalue weighted by molar-refractivity contribution is 0.100. The Bertz CT molecular complexity index is 155. The summed E-state index contributed by atoms with van der Waals surface area (Å²) in [4.78, 5) is 0. The van der Waals surface area contributed by atoms with Gasteiger partial charge in [0.15, 0.2) is 0 Å². The minimum atomic E-state index is 0.580. The summed E-state index contributed by atoms with van der Waals surface area (Å²) < 4.78 is 5.63. The van der Waals surface area contributed by atoms with Gasteiger partial charge >= 0.3 is 0 Å². The number of nitrogens with one attached hydrogen (secondary N) is 1. The molecule has 0 amide bonds. The van der Waals surface area contributed by atoms with Crippen LogP contribution in [0, 0.1) is 11.8 Å². The van der Waals surface area contributed by atoms with E-state index in [1.54, 1.807) is 0 Å². The van der Waals surface area contributed by atoms with Crippen LogP contribution in [0.15, 0.2) is 0 Å². The van der Waals surface area contributed by atoms with Crippen LogP contribution in [0.3, 0.4) is 0 Å². The maximum Gasteiger partial charge on any atom is 0.0576 e. The molecule has 0 spiro atoms. The van der Waals surface area contributed by atoms with E-state index in [9.17, 15) is 0 Å². The standard InChI is InChI=1S/C13H27NO/c1-11(12(2)10-14-3)6-4-7-13-8-5-9-15-13/h11-14H,4-10H2,1-3H3. The molecule has 3 unspecified atom stereocenters. The van der Waals surface area contributed by atoms with Gasteiger partial charge < -0.3 is 10.1 Å². The van der Waals surface area contributed by atoms with Crippen molar-refractivity contribution in [2.24, 2.45) is 11.8 Å². The van der Waals surface area contributed by atoms with E-state index in [2.05, 4.69) is 19.2 Å². The average Bonchev–Trinajstić information content (AvgIpc) is 2.71. The fraction of sp³-hybridized carbons (Fsp3) is 1.00. The van der Waals surface area contributed by atoms with Crippen molar-refractivity contribution in [1.29, 1.82) is 0 Å². The molecule has 0 saturated carbocycles. The SMILES string of the molecule is CNCC(C)C(C)CCCC1CCCO1. The molecule has 1 saturated heterocycles. The topological polar surface area (TPSA) is 21.3 Å². The highest BCUT2D eigenvalue weighted by molar-refractivity contribution is 4.68. The Morgan fingerprint density at radius 1 is 1.33 bits per heavy atom. The zero-order valence-electron chi connectivity index (χ0n) is 10.6. The molecule has 90 valence electrons. The summed E-state index contributed by atoms with van der Waals surface area (Å²) in [5.41, 5.74) is 0. The van der Waals surface area contributed by atoms with Crippen LogP contribution in [0.1, 0.15) is 46.0 Å². The Hall–Kier alpha value is -0.0800. The first-order valence-electron chi connectivity index (χ1n) is 6.50. The highest BCUT2D eigenvalue weighted by Crippen LogP contribution is 2.22. The van der Waals surface area contributed by atoms with Gasteiger partial charge in [-0.05, 0) is 44.7 Å². The van der Waals surface area contributed by atoms with Gasteiger partial charge in [0, 0.05) is 6.61 Å². The van der Waals surface area contributed by atoms with Crippen LogP contribution in [0.2, 0.25) is 0 Å². The molecule has 1 fully saturated rings. The summed E-state index contributed by atoms with van der Waals surface area (Å²) in [6, 6.07) is 0. The Labute approximate surface area is 94.8 Å². The maximum atomic E-state index is 5.63. The second-order valence-corrected chi connectivity index (χ2v) is 5.08. The fourth-order valence-electron chi connectivity index (χ4n) is 2.35. The summed E-state index contributed by atoms with van der Waals surface area (Å²) in [6.07, 6.45) is 7.10. The Kier molecular flexibility index (Phi) is 6.26. The number of ether oxygens (including phenoxy) is 1. The molecule has 1 aliphatic heterocycles. The van der Waals surface area contributed by atoms with Crippen LogP contribution in [0.25, 0.3) is 0 Å². The third kappa shape index (κ3) is 4.98. The third-order valence-corrected chi connectivity index (χ3v) is 3.71. The summed E-state index contributed by atoms with van der Waals surface area (Å²) in [5.74, 6) is 1.62. The second-order valence-electron chi connectivity index (χ2n) is 5.08. The molecule has 3 atom stereocenters. The van der Waals surface area contributed by atoms with Crippen LogP contribution in [0.4, 0.5) is 0 Å². The quantitative estimate of drug-likeness (QED) is 0.702. The molecule has 1 rings (SSSR count). The van der Waals surface area contributed by atoms with Crippen molar-refractivity contribution < 1.29 is 4.74 Å². The summed E-state index contributed by atoms with van der Waals surface area (Å²) in [6.45, 7) is 6.85. The summed E-state index contributed by atoms with van der Waals surface area (Å²) in [7, 11) is 2.04. The first-order valence-corrected chi connectivity index (χ1v) is 6.50. The smallest absolute Gasteiger partial charge is 0.0576 e. The normalized spacial score (nSPS) is 25.4. The first kappa shape index (κ1) is 13.0. The Morgan fingerprint density at radius 3 is 2.73 bits per heavy atom. The highest BCUT2D eigenvalue weighted by Gasteiger charge is 2.16. The van der Waals surface area contributed by atoms with E-state index in [0.29, 0.717) is 6.10 Å². The lowest BCUT2D eigenvalue weighted by atomic mass is 9.90. The predicted molar refractivity (Wildman–Crippen MR) is 65.1 cm³/mol. The molecule has 1 N–H and O–H groups in total. The zero-order valence-corrected chi connectivity index (χ0v) is 10.6. The van der Waals surface area contributed by atoms with Crippen LogP contribution in [0.5, 0.6) is 0 Å². The van der Waals surface area contributed by atoms with Crippen LogP contribution >= 0.6 is 0 Å². The van der Waals surface area contributed by atoms with Crippen molar-refractivity contribution in [3.05, 3.63) is 0 Å². The van der Waals surface area contributed by atoms with Crippen molar-refractivity contribution >= 4 is 0 Å². The summed E-state index contributed by atoms with van der Waals surface area (Å²) in [5, 5.41) is 3.26. The van der Waals surface area contributed by atoms with Gasteiger partial charge in [-0.3, -0.25) is 0 Å². The van der Waals surface area contributed by atoms with E-state index in [1.807, 2.05) is 7.05 Å². The number of rotatable bonds is 7. The van der Waals surface area contributed by atoms with E-state index in [1.165, 1.54) is 32.1 Å². The maximum absolute atomic E-state index is 5.63. The van der Waals surface area contributed by atoms with Crippen molar-refractivity contribution in [2.75, 3.05) is 20.2 Å². The average molecular weight is 213 g/mol. The molecule has 0 aromatic heterocycles. The Morgan fingerprint density at radius 2 is 2.13 bits per heavy atom. The van der Waals surface area contributed by atoms with E-state index in [-0.39, 0.29) is 0 Å². The van der Waals surface area contributed by atoms with E-state index >= 15 is 0 Å². The molecule has 2 heteroatoms. The minimum absolute atomic E-state index is 0.580. The van der Waals surface area contributed by atoms with Gasteiger partial charge in [-0.15, -0.1) is 0 Å².